The molecule has 0 atom stereocenters. The van der Waals surface area contributed by atoms with Gasteiger partial charge in [-0.3, -0.25) is 0 Å². The zero-order valence-electron chi connectivity index (χ0n) is 12.6. The molecule has 0 aliphatic rings. The highest BCUT2D eigenvalue weighted by Gasteiger charge is 2.13. The SMILES string of the molecule is Cc1cccc(-c2nnc3sc(CNc4ccccc4)nn23)c1. The summed E-state index contributed by atoms with van der Waals surface area (Å²) >= 11 is 1.55. The van der Waals surface area contributed by atoms with Gasteiger partial charge in [-0.25, -0.2) is 0 Å². The summed E-state index contributed by atoms with van der Waals surface area (Å²) < 4.78 is 1.82. The van der Waals surface area contributed by atoms with Crippen LogP contribution in [0.3, 0.4) is 0 Å². The molecule has 0 saturated heterocycles. The first kappa shape index (κ1) is 13.9. The third kappa shape index (κ3) is 2.80. The normalized spacial score (nSPS) is 11.0. The molecule has 2 heterocycles. The number of para-hydroxylation sites is 1. The smallest absolute Gasteiger partial charge is 0.235 e. The second-order valence-corrected chi connectivity index (χ2v) is 6.34. The molecule has 0 bridgehead atoms. The third-order valence-electron chi connectivity index (χ3n) is 3.53. The lowest BCUT2D eigenvalue weighted by Gasteiger charge is -2.02. The Morgan fingerprint density at radius 1 is 1.04 bits per heavy atom. The molecule has 23 heavy (non-hydrogen) atoms. The molecule has 2 aromatic heterocycles. The molecule has 6 heteroatoms. The van der Waals surface area contributed by atoms with Gasteiger partial charge in [-0.1, -0.05) is 53.3 Å². The lowest BCUT2D eigenvalue weighted by atomic mass is 10.1. The summed E-state index contributed by atoms with van der Waals surface area (Å²) in [4.78, 5) is 0.811. The summed E-state index contributed by atoms with van der Waals surface area (Å²) in [7, 11) is 0. The van der Waals surface area contributed by atoms with Gasteiger partial charge in [-0.15, -0.1) is 10.2 Å². The van der Waals surface area contributed by atoms with E-state index in [1.807, 2.05) is 47.0 Å². The lowest BCUT2D eigenvalue weighted by Crippen LogP contribution is -2.00. The minimum atomic E-state index is 0.672. The molecular formula is C17H15N5S. The standard InChI is InChI=1S/C17H15N5S/c1-12-6-5-7-13(10-12)16-19-20-17-22(16)21-15(23-17)11-18-14-8-3-2-4-9-14/h2-10,18H,11H2,1H3. The van der Waals surface area contributed by atoms with Crippen molar-refractivity contribution in [3.63, 3.8) is 0 Å². The van der Waals surface area contributed by atoms with E-state index < -0.39 is 0 Å². The quantitative estimate of drug-likeness (QED) is 0.621. The van der Waals surface area contributed by atoms with Gasteiger partial charge in [-0.2, -0.15) is 9.61 Å². The van der Waals surface area contributed by atoms with Crippen LogP contribution in [0, 0.1) is 6.92 Å². The highest BCUT2D eigenvalue weighted by molar-refractivity contribution is 7.16. The largest absolute Gasteiger partial charge is 0.378 e. The van der Waals surface area contributed by atoms with Crippen molar-refractivity contribution in [1.82, 2.24) is 19.8 Å². The number of fused-ring (bicyclic) bond motifs is 1. The van der Waals surface area contributed by atoms with Crippen LogP contribution in [0.1, 0.15) is 10.6 Å². The lowest BCUT2D eigenvalue weighted by molar-refractivity contribution is 0.911. The fourth-order valence-electron chi connectivity index (χ4n) is 2.43. The predicted molar refractivity (Wildman–Crippen MR) is 92.6 cm³/mol. The van der Waals surface area contributed by atoms with Crippen molar-refractivity contribution < 1.29 is 0 Å². The molecule has 0 amide bonds. The number of aryl methyl sites for hydroxylation is 1. The third-order valence-corrected chi connectivity index (χ3v) is 4.43. The molecule has 1 N–H and O–H groups in total. The topological polar surface area (TPSA) is 55.1 Å². The molecule has 0 aliphatic heterocycles. The van der Waals surface area contributed by atoms with Gasteiger partial charge in [0, 0.05) is 11.3 Å². The van der Waals surface area contributed by atoms with E-state index in [-0.39, 0.29) is 0 Å². The van der Waals surface area contributed by atoms with E-state index in [4.69, 9.17) is 0 Å². The molecule has 2 aromatic carbocycles. The minimum Gasteiger partial charge on any atom is -0.378 e. The van der Waals surface area contributed by atoms with Crippen LogP contribution in [0.5, 0.6) is 0 Å². The van der Waals surface area contributed by atoms with Crippen molar-refractivity contribution >= 4 is 22.0 Å². The van der Waals surface area contributed by atoms with Crippen molar-refractivity contribution in [2.24, 2.45) is 0 Å². The Hall–Kier alpha value is -2.73. The van der Waals surface area contributed by atoms with E-state index in [9.17, 15) is 0 Å². The van der Waals surface area contributed by atoms with Crippen LogP contribution in [0.2, 0.25) is 0 Å². The molecule has 0 unspecified atom stereocenters. The first-order chi connectivity index (χ1) is 11.3. The molecule has 114 valence electrons. The van der Waals surface area contributed by atoms with Crippen LogP contribution in [-0.4, -0.2) is 19.8 Å². The van der Waals surface area contributed by atoms with Gasteiger partial charge in [0.05, 0.1) is 6.54 Å². The van der Waals surface area contributed by atoms with E-state index in [2.05, 4.69) is 39.7 Å². The van der Waals surface area contributed by atoms with Gasteiger partial charge >= 0.3 is 0 Å². The first-order valence-electron chi connectivity index (χ1n) is 7.37. The van der Waals surface area contributed by atoms with Crippen molar-refractivity contribution in [2.75, 3.05) is 5.32 Å². The highest BCUT2D eigenvalue weighted by Crippen LogP contribution is 2.22. The van der Waals surface area contributed by atoms with E-state index in [1.165, 1.54) is 5.56 Å². The van der Waals surface area contributed by atoms with E-state index in [0.29, 0.717) is 6.54 Å². The second-order valence-electron chi connectivity index (χ2n) is 5.30. The van der Waals surface area contributed by atoms with Crippen LogP contribution >= 0.6 is 11.3 Å². The summed E-state index contributed by atoms with van der Waals surface area (Å²) in [6.07, 6.45) is 0. The number of nitrogens with one attached hydrogen (secondary N) is 1. The molecule has 4 aromatic rings. The summed E-state index contributed by atoms with van der Waals surface area (Å²) in [6, 6.07) is 18.3. The summed E-state index contributed by atoms with van der Waals surface area (Å²) in [6.45, 7) is 2.74. The molecule has 0 fully saturated rings. The molecule has 4 rings (SSSR count). The Bertz CT molecular complexity index is 942. The van der Waals surface area contributed by atoms with Gasteiger partial charge in [0.25, 0.3) is 0 Å². The van der Waals surface area contributed by atoms with E-state index in [1.54, 1.807) is 11.3 Å². The number of anilines is 1. The number of nitrogens with zero attached hydrogens (tertiary/aromatic N) is 4. The first-order valence-corrected chi connectivity index (χ1v) is 8.18. The minimum absolute atomic E-state index is 0.672. The maximum Gasteiger partial charge on any atom is 0.235 e. The number of hydrogen-bond acceptors (Lipinski definition) is 5. The van der Waals surface area contributed by atoms with E-state index >= 15 is 0 Å². The van der Waals surface area contributed by atoms with Crippen LogP contribution in [0.25, 0.3) is 16.3 Å². The average Bonchev–Trinajstić information content (AvgIpc) is 3.14. The zero-order chi connectivity index (χ0) is 15.6. The van der Waals surface area contributed by atoms with Crippen molar-refractivity contribution in [3.05, 3.63) is 65.2 Å². The Balaban J connectivity index is 1.62. The van der Waals surface area contributed by atoms with Crippen LogP contribution in [0.15, 0.2) is 54.6 Å². The van der Waals surface area contributed by atoms with Gasteiger partial charge in [-0.05, 0) is 25.1 Å². The Morgan fingerprint density at radius 3 is 2.74 bits per heavy atom. The number of hydrogen-bond donors (Lipinski definition) is 1. The fraction of sp³-hybridized carbons (Fsp3) is 0.118. The Labute approximate surface area is 137 Å². The number of rotatable bonds is 4. The maximum atomic E-state index is 4.64. The van der Waals surface area contributed by atoms with Gasteiger partial charge in [0.15, 0.2) is 5.82 Å². The van der Waals surface area contributed by atoms with Crippen LogP contribution in [-0.2, 0) is 6.54 Å². The fourth-order valence-corrected chi connectivity index (χ4v) is 3.20. The monoisotopic (exact) mass is 321 g/mol. The molecular weight excluding hydrogens is 306 g/mol. The summed E-state index contributed by atoms with van der Waals surface area (Å²) in [5.41, 5.74) is 3.31. The summed E-state index contributed by atoms with van der Waals surface area (Å²) in [5, 5.41) is 17.5. The maximum absolute atomic E-state index is 4.64. The molecule has 0 spiro atoms. The van der Waals surface area contributed by atoms with Gasteiger partial charge < -0.3 is 5.32 Å². The van der Waals surface area contributed by atoms with Crippen molar-refractivity contribution in [1.29, 1.82) is 0 Å². The van der Waals surface area contributed by atoms with Gasteiger partial charge in [0.2, 0.25) is 4.96 Å². The number of benzene rings is 2. The van der Waals surface area contributed by atoms with Crippen molar-refractivity contribution in [2.45, 2.75) is 13.5 Å². The van der Waals surface area contributed by atoms with E-state index in [0.717, 1.165) is 27.0 Å². The average molecular weight is 321 g/mol. The predicted octanol–water partition coefficient (Wildman–Crippen LogP) is 3.77. The Morgan fingerprint density at radius 2 is 1.91 bits per heavy atom. The molecule has 0 aliphatic carbocycles. The highest BCUT2D eigenvalue weighted by atomic mass is 32.1. The van der Waals surface area contributed by atoms with Gasteiger partial charge in [0.1, 0.15) is 5.01 Å². The van der Waals surface area contributed by atoms with Crippen molar-refractivity contribution in [3.8, 4) is 11.4 Å². The zero-order valence-corrected chi connectivity index (χ0v) is 13.4. The second kappa shape index (κ2) is 5.81. The number of aromatic nitrogens is 4. The van der Waals surface area contributed by atoms with Crippen LogP contribution < -0.4 is 5.32 Å². The summed E-state index contributed by atoms with van der Waals surface area (Å²) in [5.74, 6) is 0.783. The Kier molecular flexibility index (Phi) is 3.51. The molecule has 5 nitrogen and oxygen atoms in total. The molecule has 0 radical (unpaired) electrons. The van der Waals surface area contributed by atoms with Crippen LogP contribution in [0.4, 0.5) is 5.69 Å². The molecule has 0 saturated carbocycles.